The number of aryl methyl sites for hydroxylation is 1. The number of benzene rings is 3. The van der Waals surface area contributed by atoms with Crippen LogP contribution >= 0.6 is 0 Å². The number of carbonyl (C=O) groups excluding carboxylic acids is 2. The summed E-state index contributed by atoms with van der Waals surface area (Å²) in [5.74, 6) is -0.975. The van der Waals surface area contributed by atoms with Gasteiger partial charge in [-0.1, -0.05) is 54.6 Å². The fourth-order valence-electron chi connectivity index (χ4n) is 3.73. The lowest BCUT2D eigenvalue weighted by Crippen LogP contribution is -2.23. The van der Waals surface area contributed by atoms with Gasteiger partial charge in [-0.05, 0) is 59.5 Å². The monoisotopic (exact) mass is 489 g/mol. The maximum Gasteiger partial charge on any atom is 0.416 e. The lowest BCUT2D eigenvalue weighted by molar-refractivity contribution is -0.138. The first-order valence-corrected chi connectivity index (χ1v) is 11.1. The van der Waals surface area contributed by atoms with E-state index in [2.05, 4.69) is 15.6 Å². The van der Waals surface area contributed by atoms with Crippen LogP contribution in [0.3, 0.4) is 0 Å². The highest BCUT2D eigenvalue weighted by molar-refractivity contribution is 6.09. The summed E-state index contributed by atoms with van der Waals surface area (Å²) < 4.78 is 40.7. The van der Waals surface area contributed by atoms with Crippen LogP contribution in [0.2, 0.25) is 0 Å². The van der Waals surface area contributed by atoms with Crippen molar-refractivity contribution in [2.24, 2.45) is 0 Å². The molecule has 2 amide bonds. The van der Waals surface area contributed by atoms with Crippen molar-refractivity contribution in [2.75, 3.05) is 5.32 Å². The Kier molecular flexibility index (Phi) is 7.15. The normalized spacial score (nSPS) is 11.1. The van der Waals surface area contributed by atoms with E-state index in [0.29, 0.717) is 22.5 Å². The first-order valence-electron chi connectivity index (χ1n) is 11.1. The van der Waals surface area contributed by atoms with E-state index in [4.69, 9.17) is 0 Å². The van der Waals surface area contributed by atoms with Gasteiger partial charge < -0.3 is 10.6 Å². The molecule has 0 atom stereocenters. The summed E-state index contributed by atoms with van der Waals surface area (Å²) >= 11 is 0. The second-order valence-electron chi connectivity index (χ2n) is 8.13. The van der Waals surface area contributed by atoms with Gasteiger partial charge in [0.2, 0.25) is 0 Å². The molecule has 0 aliphatic rings. The van der Waals surface area contributed by atoms with Crippen molar-refractivity contribution in [3.8, 4) is 11.1 Å². The Balaban J connectivity index is 1.53. The summed E-state index contributed by atoms with van der Waals surface area (Å²) in [7, 11) is 0. The Morgan fingerprint density at radius 1 is 0.861 bits per heavy atom. The van der Waals surface area contributed by atoms with Crippen LogP contribution in [-0.4, -0.2) is 16.8 Å². The summed E-state index contributed by atoms with van der Waals surface area (Å²) in [4.78, 5) is 29.3. The van der Waals surface area contributed by atoms with Gasteiger partial charge >= 0.3 is 6.18 Å². The number of alkyl halides is 3. The first kappa shape index (κ1) is 24.7. The van der Waals surface area contributed by atoms with Gasteiger partial charge in [0.1, 0.15) is 5.69 Å². The van der Waals surface area contributed by atoms with Gasteiger partial charge in [0.05, 0.1) is 5.56 Å². The van der Waals surface area contributed by atoms with Crippen molar-refractivity contribution in [3.05, 3.63) is 119 Å². The average molecular weight is 489 g/mol. The molecule has 0 aliphatic heterocycles. The summed E-state index contributed by atoms with van der Waals surface area (Å²) in [6, 6.07) is 22.8. The fourth-order valence-corrected chi connectivity index (χ4v) is 3.73. The van der Waals surface area contributed by atoms with Crippen LogP contribution in [0.15, 0.2) is 91.1 Å². The van der Waals surface area contributed by atoms with Crippen molar-refractivity contribution in [1.29, 1.82) is 0 Å². The van der Waals surface area contributed by atoms with E-state index in [1.807, 2.05) is 0 Å². The molecule has 0 aliphatic carbocycles. The minimum absolute atomic E-state index is 0.0370. The Morgan fingerprint density at radius 3 is 2.19 bits per heavy atom. The van der Waals surface area contributed by atoms with E-state index in [9.17, 15) is 22.8 Å². The molecule has 2 N–H and O–H groups in total. The molecule has 4 aromatic rings. The van der Waals surface area contributed by atoms with Crippen LogP contribution in [0, 0.1) is 6.92 Å². The number of halogens is 3. The van der Waals surface area contributed by atoms with Gasteiger partial charge in [-0.15, -0.1) is 0 Å². The second-order valence-corrected chi connectivity index (χ2v) is 8.13. The molecule has 1 heterocycles. The predicted molar refractivity (Wildman–Crippen MR) is 131 cm³/mol. The Hall–Kier alpha value is -4.46. The van der Waals surface area contributed by atoms with Gasteiger partial charge in [0.25, 0.3) is 11.8 Å². The van der Waals surface area contributed by atoms with Crippen LogP contribution < -0.4 is 10.6 Å². The van der Waals surface area contributed by atoms with E-state index < -0.39 is 17.6 Å². The van der Waals surface area contributed by atoms with Gasteiger partial charge in [-0.25, -0.2) is 0 Å². The van der Waals surface area contributed by atoms with Crippen molar-refractivity contribution < 1.29 is 22.8 Å². The van der Waals surface area contributed by atoms with Crippen molar-refractivity contribution >= 4 is 17.5 Å². The topological polar surface area (TPSA) is 71.1 Å². The Labute approximate surface area is 206 Å². The highest BCUT2D eigenvalue weighted by Crippen LogP contribution is 2.36. The van der Waals surface area contributed by atoms with Crippen LogP contribution in [0.5, 0.6) is 0 Å². The molecular weight excluding hydrogens is 467 g/mol. The van der Waals surface area contributed by atoms with E-state index >= 15 is 0 Å². The van der Waals surface area contributed by atoms with Gasteiger partial charge in [-0.2, -0.15) is 13.2 Å². The van der Waals surface area contributed by atoms with Gasteiger partial charge in [0.15, 0.2) is 0 Å². The second kappa shape index (κ2) is 10.4. The minimum atomic E-state index is -4.59. The molecule has 0 radical (unpaired) electrons. The highest BCUT2D eigenvalue weighted by atomic mass is 19.4. The third kappa shape index (κ3) is 5.78. The zero-order valence-corrected chi connectivity index (χ0v) is 19.3. The quantitative estimate of drug-likeness (QED) is 0.336. The SMILES string of the molecule is Cc1cc(-c2ccccc2)c(C(=O)Nc2ccc(CNC(=O)c3ccccn3)cc2)cc1C(F)(F)F. The molecular formula is C28H22F3N3O2. The fraction of sp³-hybridized carbons (Fsp3) is 0.107. The lowest BCUT2D eigenvalue weighted by Gasteiger charge is -2.17. The number of hydrogen-bond acceptors (Lipinski definition) is 3. The highest BCUT2D eigenvalue weighted by Gasteiger charge is 2.34. The minimum Gasteiger partial charge on any atom is -0.347 e. The number of rotatable bonds is 6. The molecule has 3 aromatic carbocycles. The summed E-state index contributed by atoms with van der Waals surface area (Å²) in [6.07, 6.45) is -3.06. The van der Waals surface area contributed by atoms with Crippen molar-refractivity contribution in [3.63, 3.8) is 0 Å². The average Bonchev–Trinajstić information content (AvgIpc) is 2.88. The standard InChI is InChI=1S/C28H22F3N3O2/c1-18-15-22(20-7-3-2-4-8-20)23(16-24(18)28(29,30)31)26(35)34-21-12-10-19(11-13-21)17-33-27(36)25-9-5-6-14-32-25/h2-16H,17H2,1H3,(H,33,36)(H,34,35). The molecule has 5 nitrogen and oxygen atoms in total. The zero-order chi connectivity index (χ0) is 25.7. The van der Waals surface area contributed by atoms with E-state index in [0.717, 1.165) is 11.6 Å². The first-order chi connectivity index (χ1) is 17.2. The third-order valence-corrected chi connectivity index (χ3v) is 5.56. The zero-order valence-electron chi connectivity index (χ0n) is 19.3. The van der Waals surface area contributed by atoms with Gasteiger partial charge in [-0.3, -0.25) is 14.6 Å². The molecule has 36 heavy (non-hydrogen) atoms. The maximum absolute atomic E-state index is 13.6. The van der Waals surface area contributed by atoms with E-state index in [1.165, 1.54) is 19.2 Å². The number of amides is 2. The molecule has 8 heteroatoms. The molecule has 1 aromatic heterocycles. The molecule has 182 valence electrons. The maximum atomic E-state index is 13.6. The van der Waals surface area contributed by atoms with E-state index in [-0.39, 0.29) is 23.6 Å². The Bertz CT molecular complexity index is 1370. The summed E-state index contributed by atoms with van der Waals surface area (Å²) in [6.45, 7) is 1.62. The number of nitrogens with one attached hydrogen (secondary N) is 2. The third-order valence-electron chi connectivity index (χ3n) is 5.56. The smallest absolute Gasteiger partial charge is 0.347 e. The van der Waals surface area contributed by atoms with Crippen LogP contribution in [0.4, 0.5) is 18.9 Å². The molecule has 4 rings (SSSR count). The largest absolute Gasteiger partial charge is 0.416 e. The molecule has 0 spiro atoms. The summed E-state index contributed by atoms with van der Waals surface area (Å²) in [5, 5.41) is 5.44. The van der Waals surface area contributed by atoms with Crippen LogP contribution in [0.25, 0.3) is 11.1 Å². The number of nitrogens with zero attached hydrogens (tertiary/aromatic N) is 1. The molecule has 0 saturated carbocycles. The number of carbonyl (C=O) groups is 2. The number of pyridine rings is 1. The Morgan fingerprint density at radius 2 is 1.56 bits per heavy atom. The van der Waals surface area contributed by atoms with Crippen molar-refractivity contribution in [2.45, 2.75) is 19.6 Å². The molecule has 0 saturated heterocycles. The lowest BCUT2D eigenvalue weighted by atomic mass is 9.93. The number of anilines is 1. The van der Waals surface area contributed by atoms with E-state index in [1.54, 1.807) is 72.8 Å². The van der Waals surface area contributed by atoms with Crippen LogP contribution in [0.1, 0.15) is 37.5 Å². The van der Waals surface area contributed by atoms with Crippen molar-refractivity contribution in [1.82, 2.24) is 10.3 Å². The predicted octanol–water partition coefficient (Wildman–Crippen LogP) is 6.26. The number of aromatic nitrogens is 1. The number of hydrogen-bond donors (Lipinski definition) is 2. The molecule has 0 unspecified atom stereocenters. The molecule has 0 bridgehead atoms. The van der Waals surface area contributed by atoms with Gasteiger partial charge in [0, 0.05) is 24.0 Å². The summed E-state index contributed by atoms with van der Waals surface area (Å²) in [5.41, 5.74) is 1.63. The van der Waals surface area contributed by atoms with Crippen LogP contribution in [-0.2, 0) is 12.7 Å². The molecule has 0 fully saturated rings.